The number of hydrogen-bond donors (Lipinski definition) is 1. The molecule has 138 valence electrons. The van der Waals surface area contributed by atoms with Gasteiger partial charge in [0.2, 0.25) is 5.91 Å². The van der Waals surface area contributed by atoms with Crippen LogP contribution in [0, 0.1) is 5.92 Å². The first-order chi connectivity index (χ1) is 12.1. The van der Waals surface area contributed by atoms with Crippen molar-refractivity contribution >= 4 is 11.9 Å². The van der Waals surface area contributed by atoms with E-state index in [9.17, 15) is 9.59 Å². The monoisotopic (exact) mass is 346 g/mol. The number of carbonyl (C=O) groups is 2. The number of nitrogens with zero attached hydrogens (tertiary/aromatic N) is 1. The average molecular weight is 346 g/mol. The molecule has 5 nitrogen and oxygen atoms in total. The van der Waals surface area contributed by atoms with E-state index in [4.69, 9.17) is 4.74 Å². The van der Waals surface area contributed by atoms with Crippen LogP contribution in [0.25, 0.3) is 0 Å². The molecule has 2 atom stereocenters. The number of piperidine rings is 1. The molecule has 0 spiro atoms. The zero-order valence-corrected chi connectivity index (χ0v) is 15.4. The standard InChI is InChI=1S/C20H30N2O3/c1-3-16(17-9-6-5-7-10-17)13-21-19(23)15-22-12-8-11-18(14-22)20(24)25-4-2/h5-7,9-10,16,18H,3-4,8,11-15H2,1-2H3,(H,21,23). The second-order valence-corrected chi connectivity index (χ2v) is 6.65. The molecule has 5 heteroatoms. The van der Waals surface area contributed by atoms with Gasteiger partial charge in [0.05, 0.1) is 19.1 Å². The molecule has 1 aliphatic heterocycles. The summed E-state index contributed by atoms with van der Waals surface area (Å²) in [6.07, 6.45) is 2.76. The Labute approximate surface area is 150 Å². The van der Waals surface area contributed by atoms with Crippen LogP contribution in [0.5, 0.6) is 0 Å². The van der Waals surface area contributed by atoms with Crippen LogP contribution in [-0.2, 0) is 14.3 Å². The Hall–Kier alpha value is -1.88. The van der Waals surface area contributed by atoms with Crippen LogP contribution in [-0.4, -0.2) is 49.6 Å². The third kappa shape index (κ3) is 6.16. The predicted molar refractivity (Wildman–Crippen MR) is 98.3 cm³/mol. The predicted octanol–water partition coefficient (Wildman–Crippen LogP) is 2.57. The summed E-state index contributed by atoms with van der Waals surface area (Å²) in [5.74, 6) is 0.120. The molecule has 1 amide bonds. The zero-order valence-electron chi connectivity index (χ0n) is 15.4. The fourth-order valence-electron chi connectivity index (χ4n) is 3.37. The largest absolute Gasteiger partial charge is 0.466 e. The highest BCUT2D eigenvalue weighted by atomic mass is 16.5. The normalized spacial score (nSPS) is 19.2. The maximum Gasteiger partial charge on any atom is 0.310 e. The van der Waals surface area contributed by atoms with Gasteiger partial charge in [-0.25, -0.2) is 0 Å². The summed E-state index contributed by atoms with van der Waals surface area (Å²) in [5.41, 5.74) is 1.26. The SMILES string of the molecule is CCOC(=O)C1CCCN(CC(=O)NCC(CC)c2ccccc2)C1. The molecule has 0 aliphatic carbocycles. The van der Waals surface area contributed by atoms with Gasteiger partial charge in [0, 0.05) is 19.0 Å². The second kappa shape index (κ2) is 10.2. The van der Waals surface area contributed by atoms with Gasteiger partial charge in [-0.3, -0.25) is 14.5 Å². The smallest absolute Gasteiger partial charge is 0.310 e. The molecule has 0 aromatic heterocycles. The number of likely N-dealkylation sites (tertiary alicyclic amines) is 1. The van der Waals surface area contributed by atoms with Gasteiger partial charge in [-0.15, -0.1) is 0 Å². The van der Waals surface area contributed by atoms with E-state index >= 15 is 0 Å². The number of esters is 1. The first kappa shape index (κ1) is 19.4. The lowest BCUT2D eigenvalue weighted by molar-refractivity contribution is -0.150. The molecular formula is C20H30N2O3. The van der Waals surface area contributed by atoms with Crippen molar-refractivity contribution in [1.82, 2.24) is 10.2 Å². The first-order valence-electron chi connectivity index (χ1n) is 9.34. The molecule has 0 saturated carbocycles. The lowest BCUT2D eigenvalue weighted by atomic mass is 9.96. The Morgan fingerprint density at radius 2 is 2.04 bits per heavy atom. The summed E-state index contributed by atoms with van der Waals surface area (Å²) in [6, 6.07) is 10.3. The van der Waals surface area contributed by atoms with Gasteiger partial charge in [0.25, 0.3) is 0 Å². The lowest BCUT2D eigenvalue weighted by Gasteiger charge is -2.31. The summed E-state index contributed by atoms with van der Waals surface area (Å²) >= 11 is 0. The Kier molecular flexibility index (Phi) is 7.92. The summed E-state index contributed by atoms with van der Waals surface area (Å²) in [4.78, 5) is 26.2. The van der Waals surface area contributed by atoms with Gasteiger partial charge in [-0.05, 0) is 38.3 Å². The van der Waals surface area contributed by atoms with E-state index in [2.05, 4.69) is 29.3 Å². The number of ether oxygens (including phenoxy) is 1. The molecule has 2 rings (SSSR count). The fourth-order valence-corrected chi connectivity index (χ4v) is 3.37. The van der Waals surface area contributed by atoms with Crippen molar-refractivity contribution in [3.8, 4) is 0 Å². The van der Waals surface area contributed by atoms with E-state index in [0.29, 0.717) is 32.2 Å². The molecule has 1 aromatic carbocycles. The number of carbonyl (C=O) groups excluding carboxylic acids is 2. The third-order valence-electron chi connectivity index (χ3n) is 4.80. The first-order valence-corrected chi connectivity index (χ1v) is 9.34. The van der Waals surface area contributed by atoms with Crippen molar-refractivity contribution in [1.29, 1.82) is 0 Å². The van der Waals surface area contributed by atoms with Crippen LogP contribution >= 0.6 is 0 Å². The summed E-state index contributed by atoms with van der Waals surface area (Å²) in [7, 11) is 0. The van der Waals surface area contributed by atoms with Crippen molar-refractivity contribution in [3.63, 3.8) is 0 Å². The molecule has 1 aromatic rings. The van der Waals surface area contributed by atoms with Crippen molar-refractivity contribution in [2.45, 2.75) is 39.0 Å². The third-order valence-corrected chi connectivity index (χ3v) is 4.80. The van der Waals surface area contributed by atoms with E-state index in [1.165, 1.54) is 5.56 Å². The van der Waals surface area contributed by atoms with E-state index in [1.807, 2.05) is 25.1 Å². The lowest BCUT2D eigenvalue weighted by Crippen LogP contribution is -2.45. The molecule has 25 heavy (non-hydrogen) atoms. The molecule has 1 N–H and O–H groups in total. The average Bonchev–Trinajstić information content (AvgIpc) is 2.63. The second-order valence-electron chi connectivity index (χ2n) is 6.65. The minimum Gasteiger partial charge on any atom is -0.466 e. The number of rotatable bonds is 8. The Bertz CT molecular complexity index is 547. The summed E-state index contributed by atoms with van der Waals surface area (Å²) in [6.45, 7) is 6.84. The van der Waals surface area contributed by atoms with Crippen molar-refractivity contribution in [2.75, 3.05) is 32.8 Å². The zero-order chi connectivity index (χ0) is 18.1. The molecule has 0 radical (unpaired) electrons. The molecule has 1 heterocycles. The molecule has 1 fully saturated rings. The maximum atomic E-state index is 12.3. The van der Waals surface area contributed by atoms with E-state index in [0.717, 1.165) is 25.8 Å². The maximum absolute atomic E-state index is 12.3. The molecule has 1 aliphatic rings. The van der Waals surface area contributed by atoms with E-state index < -0.39 is 0 Å². The van der Waals surface area contributed by atoms with Gasteiger partial charge >= 0.3 is 5.97 Å². The number of benzene rings is 1. The molecule has 1 saturated heterocycles. The van der Waals surface area contributed by atoms with Crippen LogP contribution < -0.4 is 5.32 Å². The summed E-state index contributed by atoms with van der Waals surface area (Å²) < 4.78 is 5.11. The highest BCUT2D eigenvalue weighted by molar-refractivity contribution is 5.78. The fraction of sp³-hybridized carbons (Fsp3) is 0.600. The van der Waals surface area contributed by atoms with Crippen LogP contribution in [0.15, 0.2) is 30.3 Å². The van der Waals surface area contributed by atoms with Gasteiger partial charge in [0.1, 0.15) is 0 Å². The minimum absolute atomic E-state index is 0.0267. The van der Waals surface area contributed by atoms with Crippen molar-refractivity contribution in [3.05, 3.63) is 35.9 Å². The molecule has 2 unspecified atom stereocenters. The van der Waals surface area contributed by atoms with Crippen LogP contribution in [0.4, 0.5) is 0 Å². The molecule has 0 bridgehead atoms. The van der Waals surface area contributed by atoms with E-state index in [-0.39, 0.29) is 17.8 Å². The number of hydrogen-bond acceptors (Lipinski definition) is 4. The molecular weight excluding hydrogens is 316 g/mol. The Balaban J connectivity index is 1.78. The van der Waals surface area contributed by atoms with Crippen molar-refractivity contribution in [2.24, 2.45) is 5.92 Å². The van der Waals surface area contributed by atoms with Crippen LogP contribution in [0.1, 0.15) is 44.6 Å². The van der Waals surface area contributed by atoms with Gasteiger partial charge in [0.15, 0.2) is 0 Å². The topological polar surface area (TPSA) is 58.6 Å². The van der Waals surface area contributed by atoms with Gasteiger partial charge in [-0.1, -0.05) is 37.3 Å². The number of amides is 1. The van der Waals surface area contributed by atoms with Crippen molar-refractivity contribution < 1.29 is 14.3 Å². The quantitative estimate of drug-likeness (QED) is 0.735. The van der Waals surface area contributed by atoms with Crippen LogP contribution in [0.2, 0.25) is 0 Å². The Morgan fingerprint density at radius 1 is 1.28 bits per heavy atom. The Morgan fingerprint density at radius 3 is 2.72 bits per heavy atom. The van der Waals surface area contributed by atoms with Crippen LogP contribution in [0.3, 0.4) is 0 Å². The summed E-state index contributed by atoms with van der Waals surface area (Å²) in [5, 5.41) is 3.05. The van der Waals surface area contributed by atoms with E-state index in [1.54, 1.807) is 0 Å². The highest BCUT2D eigenvalue weighted by Gasteiger charge is 2.27. The number of nitrogens with one attached hydrogen (secondary N) is 1. The minimum atomic E-state index is -0.136. The van der Waals surface area contributed by atoms with Gasteiger partial charge < -0.3 is 10.1 Å². The van der Waals surface area contributed by atoms with Gasteiger partial charge in [-0.2, -0.15) is 0 Å². The highest BCUT2D eigenvalue weighted by Crippen LogP contribution is 2.19.